The molecule has 2 aromatic rings. The molecule has 4 rings (SSSR count). The molecule has 6 nitrogen and oxygen atoms in total. The Bertz CT molecular complexity index is 768. The molecule has 158 valence electrons. The summed E-state index contributed by atoms with van der Waals surface area (Å²) in [5.74, 6) is 0.937. The fourth-order valence-corrected chi connectivity index (χ4v) is 5.31. The van der Waals surface area contributed by atoms with E-state index in [-0.39, 0.29) is 12.1 Å². The summed E-state index contributed by atoms with van der Waals surface area (Å²) < 4.78 is 6.51. The number of urea groups is 1. The van der Waals surface area contributed by atoms with Gasteiger partial charge in [0.25, 0.3) is 0 Å². The lowest BCUT2D eigenvalue weighted by molar-refractivity contribution is 0.124. The predicted molar refractivity (Wildman–Crippen MR) is 116 cm³/mol. The van der Waals surface area contributed by atoms with Gasteiger partial charge in [0.2, 0.25) is 0 Å². The minimum Gasteiger partial charge on any atom is -0.468 e. The average Bonchev–Trinajstić information content (AvgIpc) is 3.42. The van der Waals surface area contributed by atoms with Crippen LogP contribution in [0.15, 0.2) is 34.9 Å². The number of amides is 2. The number of piperidine rings is 1. The monoisotopic (exact) mass is 436 g/mol. The van der Waals surface area contributed by atoms with Crippen LogP contribution in [0.2, 0.25) is 4.34 Å². The van der Waals surface area contributed by atoms with Crippen molar-refractivity contribution < 1.29 is 9.21 Å². The topological polar surface area (TPSA) is 52.0 Å². The van der Waals surface area contributed by atoms with Gasteiger partial charge in [-0.1, -0.05) is 18.0 Å². The van der Waals surface area contributed by atoms with E-state index in [1.54, 1.807) is 17.6 Å². The van der Waals surface area contributed by atoms with Crippen molar-refractivity contribution in [2.24, 2.45) is 0 Å². The zero-order valence-corrected chi connectivity index (χ0v) is 18.3. The molecule has 0 spiro atoms. The average molecular weight is 437 g/mol. The molecular weight excluding hydrogens is 408 g/mol. The first-order chi connectivity index (χ1) is 14.2. The Hall–Kier alpha value is -1.54. The highest BCUT2D eigenvalue weighted by atomic mass is 35.5. The van der Waals surface area contributed by atoms with Gasteiger partial charge in [-0.15, -0.1) is 11.3 Å². The normalized spacial score (nSPS) is 20.0. The molecule has 2 fully saturated rings. The number of rotatable bonds is 6. The molecule has 1 N–H and O–H groups in total. The summed E-state index contributed by atoms with van der Waals surface area (Å²) >= 11 is 7.65. The van der Waals surface area contributed by atoms with Gasteiger partial charge < -0.3 is 14.6 Å². The van der Waals surface area contributed by atoms with Crippen molar-refractivity contribution in [3.8, 4) is 0 Å². The number of furan rings is 1. The van der Waals surface area contributed by atoms with Crippen LogP contribution in [0, 0.1) is 0 Å². The maximum Gasteiger partial charge on any atom is 0.317 e. The third-order valence-electron chi connectivity index (χ3n) is 5.82. The van der Waals surface area contributed by atoms with E-state index in [1.165, 1.54) is 24.1 Å². The first kappa shape index (κ1) is 20.7. The van der Waals surface area contributed by atoms with Crippen LogP contribution in [0.1, 0.15) is 35.9 Å². The molecule has 0 saturated carbocycles. The highest BCUT2D eigenvalue weighted by Gasteiger charge is 2.27. The van der Waals surface area contributed by atoms with E-state index in [0.717, 1.165) is 55.9 Å². The second-order valence-electron chi connectivity index (χ2n) is 7.78. The molecule has 0 aromatic carbocycles. The van der Waals surface area contributed by atoms with Gasteiger partial charge >= 0.3 is 6.03 Å². The van der Waals surface area contributed by atoms with Crippen molar-refractivity contribution in [3.05, 3.63) is 45.5 Å². The molecule has 0 bridgehead atoms. The van der Waals surface area contributed by atoms with Crippen LogP contribution in [-0.2, 0) is 6.54 Å². The van der Waals surface area contributed by atoms with E-state index < -0.39 is 0 Å². The Balaban J connectivity index is 1.26. The lowest BCUT2D eigenvalue weighted by Gasteiger charge is -2.36. The Morgan fingerprint density at radius 1 is 1.10 bits per heavy atom. The molecule has 0 aliphatic carbocycles. The molecule has 2 aliphatic rings. The standard InChI is InChI=1S/C21H29ClN4O2S/c22-20-7-6-17(29-20)16-24-10-12-26(13-11-24)21(27)23-15-18(19-5-4-14-28-19)25-8-2-1-3-9-25/h4-7,14,18H,1-3,8-13,15-16H2,(H,23,27). The van der Waals surface area contributed by atoms with Crippen molar-refractivity contribution in [2.45, 2.75) is 31.8 Å². The van der Waals surface area contributed by atoms with Crippen LogP contribution in [-0.4, -0.2) is 66.5 Å². The quantitative estimate of drug-likeness (QED) is 0.742. The lowest BCUT2D eigenvalue weighted by atomic mass is 10.1. The van der Waals surface area contributed by atoms with Gasteiger partial charge in [0.05, 0.1) is 16.6 Å². The minimum absolute atomic E-state index is 0.0254. The smallest absolute Gasteiger partial charge is 0.317 e. The SMILES string of the molecule is O=C(NCC(c1ccco1)N1CCCCC1)N1CCN(Cc2ccc(Cl)s2)CC1. The highest BCUT2D eigenvalue weighted by Crippen LogP contribution is 2.25. The molecule has 29 heavy (non-hydrogen) atoms. The van der Waals surface area contributed by atoms with Crippen molar-refractivity contribution in [1.29, 1.82) is 0 Å². The van der Waals surface area contributed by atoms with Gasteiger partial charge in [-0.05, 0) is 50.2 Å². The maximum absolute atomic E-state index is 12.8. The zero-order chi connectivity index (χ0) is 20.1. The summed E-state index contributed by atoms with van der Waals surface area (Å²) in [5.41, 5.74) is 0. The number of likely N-dealkylation sites (tertiary alicyclic amines) is 1. The Morgan fingerprint density at radius 2 is 1.90 bits per heavy atom. The third-order valence-corrected chi connectivity index (χ3v) is 7.03. The number of carbonyl (C=O) groups excluding carboxylic acids is 1. The van der Waals surface area contributed by atoms with Crippen LogP contribution in [0.4, 0.5) is 4.79 Å². The summed E-state index contributed by atoms with van der Waals surface area (Å²) in [4.78, 5) is 20.8. The van der Waals surface area contributed by atoms with E-state index >= 15 is 0 Å². The molecule has 1 atom stereocenters. The second kappa shape index (κ2) is 9.98. The van der Waals surface area contributed by atoms with Crippen LogP contribution >= 0.6 is 22.9 Å². The van der Waals surface area contributed by atoms with E-state index in [4.69, 9.17) is 16.0 Å². The summed E-state index contributed by atoms with van der Waals surface area (Å²) in [6, 6.07) is 8.11. The second-order valence-corrected chi connectivity index (χ2v) is 9.58. The predicted octanol–water partition coefficient (Wildman–Crippen LogP) is 4.05. The fourth-order valence-electron chi connectivity index (χ4n) is 4.18. The number of nitrogens with zero attached hydrogens (tertiary/aromatic N) is 3. The summed E-state index contributed by atoms with van der Waals surface area (Å²) in [6.07, 6.45) is 5.43. The van der Waals surface area contributed by atoms with Crippen LogP contribution < -0.4 is 5.32 Å². The fraction of sp³-hybridized carbons (Fsp3) is 0.571. The van der Waals surface area contributed by atoms with Gasteiger partial charge in [-0.3, -0.25) is 9.80 Å². The molecule has 2 aliphatic heterocycles. The molecule has 2 amide bonds. The van der Waals surface area contributed by atoms with Gasteiger partial charge in [0, 0.05) is 44.1 Å². The number of halogens is 1. The first-order valence-corrected chi connectivity index (χ1v) is 11.7. The van der Waals surface area contributed by atoms with Crippen molar-refractivity contribution in [2.75, 3.05) is 45.8 Å². The Kier molecular flexibility index (Phi) is 7.13. The number of nitrogens with one attached hydrogen (secondary N) is 1. The Morgan fingerprint density at radius 3 is 2.55 bits per heavy atom. The molecule has 8 heteroatoms. The van der Waals surface area contributed by atoms with Gasteiger partial charge in [0.1, 0.15) is 5.76 Å². The van der Waals surface area contributed by atoms with E-state index in [0.29, 0.717) is 6.54 Å². The molecule has 2 aromatic heterocycles. The minimum atomic E-state index is 0.0254. The summed E-state index contributed by atoms with van der Waals surface area (Å²) in [7, 11) is 0. The largest absolute Gasteiger partial charge is 0.468 e. The number of thiophene rings is 1. The van der Waals surface area contributed by atoms with E-state index in [1.807, 2.05) is 23.1 Å². The van der Waals surface area contributed by atoms with Crippen LogP contribution in [0.25, 0.3) is 0 Å². The third kappa shape index (κ3) is 5.54. The summed E-state index contributed by atoms with van der Waals surface area (Å²) in [5, 5.41) is 3.16. The number of piperazine rings is 1. The maximum atomic E-state index is 12.8. The highest BCUT2D eigenvalue weighted by molar-refractivity contribution is 7.16. The van der Waals surface area contributed by atoms with Crippen LogP contribution in [0.3, 0.4) is 0 Å². The molecule has 0 radical (unpaired) electrons. The van der Waals surface area contributed by atoms with Crippen LogP contribution in [0.5, 0.6) is 0 Å². The molecular formula is C21H29ClN4O2S. The van der Waals surface area contributed by atoms with Crippen molar-refractivity contribution in [3.63, 3.8) is 0 Å². The van der Waals surface area contributed by atoms with Gasteiger partial charge in [-0.2, -0.15) is 0 Å². The molecule has 1 unspecified atom stereocenters. The van der Waals surface area contributed by atoms with E-state index in [2.05, 4.69) is 21.2 Å². The molecule has 4 heterocycles. The lowest BCUT2D eigenvalue weighted by Crippen LogP contribution is -2.52. The first-order valence-electron chi connectivity index (χ1n) is 10.5. The van der Waals surface area contributed by atoms with Crippen molar-refractivity contribution >= 4 is 29.0 Å². The summed E-state index contributed by atoms with van der Waals surface area (Å²) in [6.45, 7) is 6.88. The zero-order valence-electron chi connectivity index (χ0n) is 16.7. The Labute approximate surface area is 181 Å². The van der Waals surface area contributed by atoms with Crippen molar-refractivity contribution in [1.82, 2.24) is 20.0 Å². The molecule has 2 saturated heterocycles. The number of hydrogen-bond donors (Lipinski definition) is 1. The van der Waals surface area contributed by atoms with Gasteiger partial charge in [-0.25, -0.2) is 4.79 Å². The number of hydrogen-bond acceptors (Lipinski definition) is 5. The van der Waals surface area contributed by atoms with E-state index in [9.17, 15) is 4.79 Å². The van der Waals surface area contributed by atoms with Gasteiger partial charge in [0.15, 0.2) is 0 Å². The number of carbonyl (C=O) groups is 1.